The maximum absolute atomic E-state index is 10.4. The van der Waals surface area contributed by atoms with Crippen molar-refractivity contribution in [3.8, 4) is 5.88 Å². The molecule has 0 aliphatic rings. The Bertz CT molecular complexity index is 497. The average molecular weight is 249 g/mol. The predicted octanol–water partition coefficient (Wildman–Crippen LogP) is 2.52. The van der Waals surface area contributed by atoms with Crippen molar-refractivity contribution >= 4 is 17.9 Å². The van der Waals surface area contributed by atoms with E-state index in [-0.39, 0.29) is 5.69 Å². The number of benzene rings is 1. The van der Waals surface area contributed by atoms with E-state index in [9.17, 15) is 4.79 Å². The number of halogens is 1. The first-order chi connectivity index (χ1) is 8.28. The van der Waals surface area contributed by atoms with Crippen LogP contribution in [0.3, 0.4) is 0 Å². The molecule has 2 rings (SSSR count). The van der Waals surface area contributed by atoms with E-state index in [2.05, 4.69) is 9.97 Å². The Balaban J connectivity index is 1.97. The van der Waals surface area contributed by atoms with Gasteiger partial charge >= 0.3 is 0 Å². The van der Waals surface area contributed by atoms with Crippen LogP contribution in [0.15, 0.2) is 36.7 Å². The van der Waals surface area contributed by atoms with E-state index >= 15 is 0 Å². The number of carbonyl (C=O) groups excluding carboxylic acids is 1. The molecule has 5 heteroatoms. The van der Waals surface area contributed by atoms with E-state index in [0.29, 0.717) is 23.8 Å². The Hall–Kier alpha value is -1.94. The first-order valence-electron chi connectivity index (χ1n) is 4.92. The van der Waals surface area contributed by atoms with Gasteiger partial charge < -0.3 is 4.74 Å². The topological polar surface area (TPSA) is 52.1 Å². The first-order valence-corrected chi connectivity index (χ1v) is 5.30. The SMILES string of the molecule is O=Cc1cnc(OCc2ccc(Cl)cc2)cn1. The standard InChI is InChI=1S/C12H9ClN2O2/c13-10-3-1-9(2-4-10)8-17-12-6-14-11(7-16)5-15-12/h1-7H,8H2. The second kappa shape index (κ2) is 5.41. The maximum Gasteiger partial charge on any atom is 0.232 e. The minimum Gasteiger partial charge on any atom is -0.472 e. The maximum atomic E-state index is 10.4. The van der Waals surface area contributed by atoms with Gasteiger partial charge in [0.15, 0.2) is 6.29 Å². The van der Waals surface area contributed by atoms with Crippen molar-refractivity contribution in [2.75, 3.05) is 0 Å². The van der Waals surface area contributed by atoms with E-state index < -0.39 is 0 Å². The molecule has 0 atom stereocenters. The highest BCUT2D eigenvalue weighted by atomic mass is 35.5. The van der Waals surface area contributed by atoms with Gasteiger partial charge in [-0.1, -0.05) is 23.7 Å². The normalized spacial score (nSPS) is 9.94. The van der Waals surface area contributed by atoms with Gasteiger partial charge in [0, 0.05) is 5.02 Å². The van der Waals surface area contributed by atoms with Gasteiger partial charge in [0.2, 0.25) is 5.88 Å². The number of carbonyl (C=O) groups is 1. The molecule has 0 amide bonds. The van der Waals surface area contributed by atoms with Crippen LogP contribution in [0.2, 0.25) is 5.02 Å². The second-order valence-corrected chi connectivity index (χ2v) is 3.75. The highest BCUT2D eigenvalue weighted by molar-refractivity contribution is 6.30. The third kappa shape index (κ3) is 3.26. The summed E-state index contributed by atoms with van der Waals surface area (Å²) in [5.41, 5.74) is 1.26. The van der Waals surface area contributed by atoms with Crippen LogP contribution < -0.4 is 4.74 Å². The molecule has 86 valence electrons. The summed E-state index contributed by atoms with van der Waals surface area (Å²) in [7, 11) is 0. The lowest BCUT2D eigenvalue weighted by molar-refractivity contribution is 0.111. The second-order valence-electron chi connectivity index (χ2n) is 3.31. The largest absolute Gasteiger partial charge is 0.472 e. The van der Waals surface area contributed by atoms with Crippen molar-refractivity contribution in [2.24, 2.45) is 0 Å². The fraction of sp³-hybridized carbons (Fsp3) is 0.0833. The van der Waals surface area contributed by atoms with Crippen molar-refractivity contribution in [3.05, 3.63) is 52.9 Å². The highest BCUT2D eigenvalue weighted by Crippen LogP contribution is 2.12. The van der Waals surface area contributed by atoms with Gasteiger partial charge in [0.1, 0.15) is 12.3 Å². The monoisotopic (exact) mass is 248 g/mol. The Morgan fingerprint density at radius 2 is 1.94 bits per heavy atom. The molecule has 0 radical (unpaired) electrons. The zero-order chi connectivity index (χ0) is 12.1. The lowest BCUT2D eigenvalue weighted by atomic mass is 10.2. The predicted molar refractivity (Wildman–Crippen MR) is 63.2 cm³/mol. The fourth-order valence-electron chi connectivity index (χ4n) is 1.20. The third-order valence-corrected chi connectivity index (χ3v) is 2.32. The van der Waals surface area contributed by atoms with E-state index in [0.717, 1.165) is 5.56 Å². The zero-order valence-corrected chi connectivity index (χ0v) is 9.59. The lowest BCUT2D eigenvalue weighted by Gasteiger charge is -2.04. The summed E-state index contributed by atoms with van der Waals surface area (Å²) in [6, 6.07) is 7.33. The number of aldehydes is 1. The molecule has 0 aliphatic heterocycles. The molecule has 0 spiro atoms. The molecule has 0 bridgehead atoms. The van der Waals surface area contributed by atoms with Crippen LogP contribution in [0, 0.1) is 0 Å². The van der Waals surface area contributed by atoms with Crippen molar-refractivity contribution < 1.29 is 9.53 Å². The molecule has 1 aromatic carbocycles. The van der Waals surface area contributed by atoms with Crippen LogP contribution in [-0.4, -0.2) is 16.3 Å². The summed E-state index contributed by atoms with van der Waals surface area (Å²) < 4.78 is 5.40. The summed E-state index contributed by atoms with van der Waals surface area (Å²) >= 11 is 5.77. The van der Waals surface area contributed by atoms with Gasteiger partial charge in [0.25, 0.3) is 0 Å². The molecule has 0 fully saturated rings. The lowest BCUT2D eigenvalue weighted by Crippen LogP contribution is -1.98. The van der Waals surface area contributed by atoms with Crippen LogP contribution in [0.25, 0.3) is 0 Å². The zero-order valence-electron chi connectivity index (χ0n) is 8.84. The first kappa shape index (κ1) is 11.5. The molecule has 0 aliphatic carbocycles. The van der Waals surface area contributed by atoms with Crippen molar-refractivity contribution in [2.45, 2.75) is 6.61 Å². The van der Waals surface area contributed by atoms with Crippen molar-refractivity contribution in [1.29, 1.82) is 0 Å². The Morgan fingerprint density at radius 3 is 2.53 bits per heavy atom. The van der Waals surface area contributed by atoms with Crippen LogP contribution in [0.5, 0.6) is 5.88 Å². The number of ether oxygens (including phenoxy) is 1. The van der Waals surface area contributed by atoms with Crippen LogP contribution in [-0.2, 0) is 6.61 Å². The van der Waals surface area contributed by atoms with E-state index in [1.165, 1.54) is 12.4 Å². The Kier molecular flexibility index (Phi) is 3.67. The Morgan fingerprint density at radius 1 is 1.18 bits per heavy atom. The van der Waals surface area contributed by atoms with Crippen LogP contribution >= 0.6 is 11.6 Å². The molecule has 4 nitrogen and oxygen atoms in total. The smallest absolute Gasteiger partial charge is 0.232 e. The number of nitrogens with zero attached hydrogens (tertiary/aromatic N) is 2. The summed E-state index contributed by atoms with van der Waals surface area (Å²) in [4.78, 5) is 18.2. The molecular weight excluding hydrogens is 240 g/mol. The van der Waals surface area contributed by atoms with Crippen molar-refractivity contribution in [3.63, 3.8) is 0 Å². The van der Waals surface area contributed by atoms with Crippen LogP contribution in [0.1, 0.15) is 16.1 Å². The van der Waals surface area contributed by atoms with Gasteiger partial charge in [-0.3, -0.25) is 4.79 Å². The molecule has 0 saturated carbocycles. The number of hydrogen-bond acceptors (Lipinski definition) is 4. The number of rotatable bonds is 4. The van der Waals surface area contributed by atoms with Gasteiger partial charge in [-0.2, -0.15) is 0 Å². The molecule has 2 aromatic rings. The van der Waals surface area contributed by atoms with E-state index in [1.54, 1.807) is 12.1 Å². The summed E-state index contributed by atoms with van der Waals surface area (Å²) in [6.07, 6.45) is 3.42. The minimum absolute atomic E-state index is 0.281. The molecule has 17 heavy (non-hydrogen) atoms. The molecule has 1 heterocycles. The highest BCUT2D eigenvalue weighted by Gasteiger charge is 1.99. The quantitative estimate of drug-likeness (QED) is 0.780. The minimum atomic E-state index is 0.281. The average Bonchev–Trinajstić information content (AvgIpc) is 2.39. The van der Waals surface area contributed by atoms with Gasteiger partial charge in [-0.05, 0) is 17.7 Å². The molecule has 1 aromatic heterocycles. The number of aromatic nitrogens is 2. The molecule has 0 unspecified atom stereocenters. The summed E-state index contributed by atoms with van der Waals surface area (Å²) in [5.74, 6) is 0.380. The fourth-order valence-corrected chi connectivity index (χ4v) is 1.33. The third-order valence-electron chi connectivity index (χ3n) is 2.07. The summed E-state index contributed by atoms with van der Waals surface area (Å²) in [5, 5.41) is 0.684. The summed E-state index contributed by atoms with van der Waals surface area (Å²) in [6.45, 7) is 0.381. The Labute approximate surface area is 103 Å². The van der Waals surface area contributed by atoms with E-state index in [4.69, 9.17) is 16.3 Å². The van der Waals surface area contributed by atoms with Gasteiger partial charge in [0.05, 0.1) is 12.4 Å². The number of hydrogen-bond donors (Lipinski definition) is 0. The van der Waals surface area contributed by atoms with Crippen molar-refractivity contribution in [1.82, 2.24) is 9.97 Å². The molecule has 0 N–H and O–H groups in total. The molecule has 0 saturated heterocycles. The van der Waals surface area contributed by atoms with Gasteiger partial charge in [-0.25, -0.2) is 9.97 Å². The molecular formula is C12H9ClN2O2. The van der Waals surface area contributed by atoms with Crippen LogP contribution in [0.4, 0.5) is 0 Å². The van der Waals surface area contributed by atoms with E-state index in [1.807, 2.05) is 12.1 Å². The van der Waals surface area contributed by atoms with Gasteiger partial charge in [-0.15, -0.1) is 0 Å².